The zero-order chi connectivity index (χ0) is 28.3. The summed E-state index contributed by atoms with van der Waals surface area (Å²) in [5, 5.41) is 24.5. The van der Waals surface area contributed by atoms with E-state index in [-0.39, 0.29) is 25.1 Å². The quantitative estimate of drug-likeness (QED) is 0.327. The van der Waals surface area contributed by atoms with Crippen LogP contribution in [-0.2, 0) is 25.7 Å². The van der Waals surface area contributed by atoms with Crippen LogP contribution in [-0.4, -0.2) is 52.0 Å². The highest BCUT2D eigenvalue weighted by molar-refractivity contribution is 5.92. The van der Waals surface area contributed by atoms with Crippen LogP contribution in [0.4, 0.5) is 4.79 Å². The summed E-state index contributed by atoms with van der Waals surface area (Å²) >= 11 is 0. The van der Waals surface area contributed by atoms with Crippen LogP contribution >= 0.6 is 0 Å². The normalized spacial score (nSPS) is 12.4. The summed E-state index contributed by atoms with van der Waals surface area (Å²) in [6.45, 7) is 4.59. The second-order valence-corrected chi connectivity index (χ2v) is 9.53. The van der Waals surface area contributed by atoms with E-state index in [1.54, 1.807) is 20.8 Å². The van der Waals surface area contributed by atoms with Gasteiger partial charge in [0.1, 0.15) is 30.0 Å². The summed E-state index contributed by atoms with van der Waals surface area (Å²) in [4.78, 5) is 52.1. The zero-order valence-electron chi connectivity index (χ0n) is 21.6. The summed E-state index contributed by atoms with van der Waals surface area (Å²) in [6, 6.07) is 14.0. The summed E-state index contributed by atoms with van der Waals surface area (Å²) < 4.78 is 5.25. The Morgan fingerprint density at radius 2 is 1.71 bits per heavy atom. The maximum Gasteiger partial charge on any atom is 0.408 e. The third-order valence-electron chi connectivity index (χ3n) is 5.27. The fourth-order valence-corrected chi connectivity index (χ4v) is 3.58. The van der Waals surface area contributed by atoms with Crippen LogP contribution in [0, 0.1) is 11.3 Å². The second kappa shape index (κ2) is 13.6. The van der Waals surface area contributed by atoms with Crippen molar-refractivity contribution in [2.45, 2.75) is 57.8 Å². The molecule has 2 unspecified atom stereocenters. The second-order valence-electron chi connectivity index (χ2n) is 9.53. The number of alkyl carbamates (subject to hydrolysis) is 1. The van der Waals surface area contributed by atoms with E-state index >= 15 is 0 Å². The number of nitrogens with two attached hydrogens (primary N) is 1. The van der Waals surface area contributed by atoms with Crippen molar-refractivity contribution in [3.8, 4) is 11.8 Å². The molecule has 0 fully saturated rings. The van der Waals surface area contributed by atoms with E-state index in [2.05, 4.69) is 10.6 Å². The summed E-state index contributed by atoms with van der Waals surface area (Å²) in [7, 11) is 0. The van der Waals surface area contributed by atoms with Gasteiger partial charge in [-0.15, -0.1) is 0 Å². The van der Waals surface area contributed by atoms with Crippen molar-refractivity contribution in [3.63, 3.8) is 0 Å². The number of nitrogens with zero attached hydrogens (tertiary/aromatic N) is 2. The Morgan fingerprint density at radius 1 is 1.08 bits per heavy atom. The van der Waals surface area contributed by atoms with Crippen molar-refractivity contribution >= 4 is 23.8 Å². The third-order valence-corrected chi connectivity index (χ3v) is 5.27. The Balaban J connectivity index is 2.43. The number of phenolic OH excluding ortho intramolecular Hbond substituents is 1. The Hall–Kier alpha value is -4.59. The zero-order valence-corrected chi connectivity index (χ0v) is 21.6. The summed E-state index contributed by atoms with van der Waals surface area (Å²) in [5.74, 6) is -2.13. The number of hydrogen-bond donors (Lipinski definition) is 4. The lowest BCUT2D eigenvalue weighted by molar-refractivity contribution is -0.142. The minimum Gasteiger partial charge on any atom is -0.508 e. The molecule has 202 valence electrons. The van der Waals surface area contributed by atoms with Crippen LogP contribution in [0.25, 0.3) is 0 Å². The molecule has 2 aromatic carbocycles. The molecule has 0 radical (unpaired) electrons. The number of rotatable bonds is 11. The first-order valence-corrected chi connectivity index (χ1v) is 12.0. The van der Waals surface area contributed by atoms with Crippen molar-refractivity contribution in [3.05, 3.63) is 65.7 Å². The van der Waals surface area contributed by atoms with Crippen LogP contribution < -0.4 is 16.4 Å². The van der Waals surface area contributed by atoms with Gasteiger partial charge >= 0.3 is 6.09 Å². The largest absolute Gasteiger partial charge is 0.508 e. The van der Waals surface area contributed by atoms with Crippen molar-refractivity contribution in [2.24, 2.45) is 5.73 Å². The van der Waals surface area contributed by atoms with E-state index in [4.69, 9.17) is 10.5 Å². The molecule has 2 atom stereocenters. The number of ether oxygens (including phenoxy) is 1. The Kier molecular flexibility index (Phi) is 10.6. The minimum absolute atomic E-state index is 0.0544. The molecule has 0 saturated heterocycles. The number of amides is 4. The molecule has 0 aliphatic heterocycles. The van der Waals surface area contributed by atoms with Crippen LogP contribution in [0.3, 0.4) is 0 Å². The molecule has 11 heteroatoms. The smallest absolute Gasteiger partial charge is 0.408 e. The van der Waals surface area contributed by atoms with Gasteiger partial charge in [-0.1, -0.05) is 42.5 Å². The van der Waals surface area contributed by atoms with Gasteiger partial charge in [0.15, 0.2) is 0 Å². The number of aromatic hydroxyl groups is 1. The predicted molar refractivity (Wildman–Crippen MR) is 138 cm³/mol. The Labute approximate surface area is 221 Å². The first-order chi connectivity index (χ1) is 17.9. The van der Waals surface area contributed by atoms with Crippen LogP contribution in [0.15, 0.2) is 54.6 Å². The van der Waals surface area contributed by atoms with Gasteiger partial charge in [0.2, 0.25) is 17.7 Å². The molecule has 11 nitrogen and oxygen atoms in total. The number of carbonyl (C=O) groups excluding carboxylic acids is 4. The Morgan fingerprint density at radius 3 is 2.26 bits per heavy atom. The molecule has 38 heavy (non-hydrogen) atoms. The van der Waals surface area contributed by atoms with E-state index < -0.39 is 48.0 Å². The number of nitrogens with one attached hydrogen (secondary N) is 2. The summed E-state index contributed by atoms with van der Waals surface area (Å²) in [6.07, 6.45) is -1.33. The number of nitriles is 1. The molecule has 2 aromatic rings. The van der Waals surface area contributed by atoms with Crippen LogP contribution in [0.2, 0.25) is 0 Å². The van der Waals surface area contributed by atoms with Crippen molar-refractivity contribution < 1.29 is 29.0 Å². The lowest BCUT2D eigenvalue weighted by atomic mass is 10.0. The van der Waals surface area contributed by atoms with Gasteiger partial charge in [-0.3, -0.25) is 14.4 Å². The minimum atomic E-state index is -1.31. The number of hydrogen-bond acceptors (Lipinski definition) is 7. The molecule has 4 amide bonds. The maximum atomic E-state index is 13.7. The standard InChI is InChI=1S/C27H33N5O6/c1-27(2,3)38-26(37)31-21(13-14-22(29)34)25(36)32(16-15-28)23(19-9-11-20(33)12-10-19)24(35)30-17-18-7-5-4-6-8-18/h4-12,21,23,33H,13-14,16-17H2,1-3H3,(H2,29,34)(H,30,35)(H,31,37). The molecule has 0 spiro atoms. The fraction of sp³-hybridized carbons (Fsp3) is 0.370. The molecule has 0 bridgehead atoms. The van der Waals surface area contributed by atoms with Crippen LogP contribution in [0.5, 0.6) is 5.75 Å². The highest BCUT2D eigenvalue weighted by Crippen LogP contribution is 2.25. The van der Waals surface area contributed by atoms with Crippen molar-refractivity contribution in [2.75, 3.05) is 6.54 Å². The average molecular weight is 524 g/mol. The third kappa shape index (κ3) is 9.46. The number of carbonyl (C=O) groups is 4. The molecular weight excluding hydrogens is 490 g/mol. The number of phenols is 1. The van der Waals surface area contributed by atoms with Gasteiger partial charge in [-0.2, -0.15) is 5.26 Å². The van der Waals surface area contributed by atoms with E-state index in [1.165, 1.54) is 24.3 Å². The SMILES string of the molecule is CC(C)(C)OC(=O)NC(CCC(N)=O)C(=O)N(CC#N)C(C(=O)NCc1ccccc1)c1ccc(O)cc1. The lowest BCUT2D eigenvalue weighted by Gasteiger charge is -2.33. The molecule has 0 aliphatic carbocycles. The monoisotopic (exact) mass is 523 g/mol. The first kappa shape index (κ1) is 29.6. The average Bonchev–Trinajstić information content (AvgIpc) is 2.85. The molecule has 2 rings (SSSR count). The lowest BCUT2D eigenvalue weighted by Crippen LogP contribution is -2.53. The molecule has 0 heterocycles. The maximum absolute atomic E-state index is 13.7. The van der Waals surface area contributed by atoms with Gasteiger partial charge in [0.05, 0.1) is 6.07 Å². The highest BCUT2D eigenvalue weighted by atomic mass is 16.6. The Bertz CT molecular complexity index is 1160. The topological polar surface area (TPSA) is 175 Å². The van der Waals surface area contributed by atoms with Gasteiger partial charge < -0.3 is 31.1 Å². The molecule has 5 N–H and O–H groups in total. The molecule has 0 aromatic heterocycles. The first-order valence-electron chi connectivity index (χ1n) is 12.0. The number of benzene rings is 2. The van der Waals surface area contributed by atoms with E-state index in [0.717, 1.165) is 10.5 Å². The molecule has 0 aliphatic rings. The van der Waals surface area contributed by atoms with E-state index in [9.17, 15) is 29.5 Å². The van der Waals surface area contributed by atoms with Gasteiger partial charge in [0, 0.05) is 13.0 Å². The van der Waals surface area contributed by atoms with E-state index in [1.807, 2.05) is 36.4 Å². The molecular formula is C27H33N5O6. The molecule has 0 saturated carbocycles. The van der Waals surface area contributed by atoms with Gasteiger partial charge in [0.25, 0.3) is 0 Å². The number of primary amides is 1. The summed E-state index contributed by atoms with van der Waals surface area (Å²) in [5.41, 5.74) is 5.54. The van der Waals surface area contributed by atoms with Gasteiger partial charge in [-0.05, 0) is 50.5 Å². The van der Waals surface area contributed by atoms with Crippen molar-refractivity contribution in [1.29, 1.82) is 5.26 Å². The van der Waals surface area contributed by atoms with Crippen molar-refractivity contribution in [1.82, 2.24) is 15.5 Å². The van der Waals surface area contributed by atoms with E-state index in [0.29, 0.717) is 5.56 Å². The van der Waals surface area contributed by atoms with Gasteiger partial charge in [-0.25, -0.2) is 4.79 Å². The fourth-order valence-electron chi connectivity index (χ4n) is 3.58. The highest BCUT2D eigenvalue weighted by Gasteiger charge is 2.36. The van der Waals surface area contributed by atoms with Crippen LogP contribution in [0.1, 0.15) is 50.8 Å². The predicted octanol–water partition coefficient (Wildman–Crippen LogP) is 2.26.